The number of hydrogen-bond acceptors (Lipinski definition) is 4. The van der Waals surface area contributed by atoms with Gasteiger partial charge in [-0.25, -0.2) is 15.0 Å². The van der Waals surface area contributed by atoms with Crippen LogP contribution in [0.25, 0.3) is 45.3 Å². The van der Waals surface area contributed by atoms with Gasteiger partial charge in [0.05, 0.1) is 0 Å². The van der Waals surface area contributed by atoms with E-state index < -0.39 is 7.14 Å². The van der Waals surface area contributed by atoms with Crippen molar-refractivity contribution in [3.63, 3.8) is 0 Å². The van der Waals surface area contributed by atoms with E-state index in [1.165, 1.54) is 36.0 Å². The van der Waals surface area contributed by atoms with Gasteiger partial charge in [-0.2, -0.15) is 0 Å². The average molecular weight is 620 g/mol. The Morgan fingerprint density at radius 2 is 0.957 bits per heavy atom. The van der Waals surface area contributed by atoms with E-state index in [0.29, 0.717) is 17.5 Å². The molecule has 1 aliphatic carbocycles. The quantitative estimate of drug-likeness (QED) is 0.167. The first-order valence-corrected chi connectivity index (χ1v) is 18.7. The molecule has 4 nitrogen and oxygen atoms in total. The van der Waals surface area contributed by atoms with Crippen LogP contribution in [0.1, 0.15) is 43.2 Å². The maximum atomic E-state index is 12.6. The van der Waals surface area contributed by atoms with Gasteiger partial charge in [0, 0.05) is 27.4 Å². The second-order valence-corrected chi connectivity index (χ2v) is 16.0. The van der Waals surface area contributed by atoms with E-state index in [0.717, 1.165) is 40.4 Å². The van der Waals surface area contributed by atoms with Crippen LogP contribution in [0.15, 0.2) is 133 Å². The molecule has 0 N–H and O–H groups in total. The Labute approximate surface area is 272 Å². The second-order valence-electron chi connectivity index (χ2n) is 12.7. The Bertz CT molecular complexity index is 1940. The topological polar surface area (TPSA) is 55.7 Å². The van der Waals surface area contributed by atoms with Crippen LogP contribution >= 0.6 is 7.14 Å². The van der Waals surface area contributed by atoms with Crippen LogP contribution in [0.2, 0.25) is 0 Å². The van der Waals surface area contributed by atoms with E-state index in [1.807, 2.05) is 86.1 Å². The zero-order chi connectivity index (χ0) is 31.6. The summed E-state index contributed by atoms with van der Waals surface area (Å²) in [7, 11) is -2.29. The molecule has 228 valence electrons. The molecule has 0 saturated heterocycles. The van der Waals surface area contributed by atoms with Gasteiger partial charge in [0.15, 0.2) is 17.5 Å². The van der Waals surface area contributed by atoms with E-state index in [9.17, 15) is 4.57 Å². The number of aromatic nitrogens is 3. The van der Waals surface area contributed by atoms with Gasteiger partial charge in [0.1, 0.15) is 7.14 Å². The molecule has 5 heteroatoms. The predicted octanol–water partition coefficient (Wildman–Crippen LogP) is 10.0. The van der Waals surface area contributed by atoms with Crippen LogP contribution < -0.4 is 5.30 Å². The summed E-state index contributed by atoms with van der Waals surface area (Å²) in [6, 6.07) is 46.5. The second kappa shape index (κ2) is 12.6. The summed E-state index contributed by atoms with van der Waals surface area (Å²) in [5, 5.41) is 0.918. The molecule has 0 spiro atoms. The summed E-state index contributed by atoms with van der Waals surface area (Å²) in [6.45, 7) is 3.65. The molecule has 0 bridgehead atoms. The van der Waals surface area contributed by atoms with Crippen molar-refractivity contribution in [2.24, 2.45) is 0 Å². The van der Waals surface area contributed by atoms with Crippen LogP contribution in [-0.4, -0.2) is 28.3 Å². The highest BCUT2D eigenvalue weighted by molar-refractivity contribution is 7.70. The molecule has 1 saturated carbocycles. The fourth-order valence-electron chi connectivity index (χ4n) is 6.78. The molecule has 46 heavy (non-hydrogen) atoms. The molecule has 1 heterocycles. The molecule has 1 aliphatic rings. The monoisotopic (exact) mass is 619 g/mol. The Morgan fingerprint density at radius 1 is 0.478 bits per heavy atom. The summed E-state index contributed by atoms with van der Waals surface area (Å²) in [5.74, 6) is 2.01. The summed E-state index contributed by atoms with van der Waals surface area (Å²) in [6.07, 6.45) is 5.91. The van der Waals surface area contributed by atoms with Gasteiger partial charge in [0.25, 0.3) is 0 Å². The third kappa shape index (κ3) is 6.10. The molecule has 5 aromatic carbocycles. The molecule has 0 radical (unpaired) electrons. The third-order valence-corrected chi connectivity index (χ3v) is 10.9. The lowest BCUT2D eigenvalue weighted by molar-refractivity contribution is 0.346. The first-order chi connectivity index (χ1) is 22.4. The lowest BCUT2D eigenvalue weighted by Gasteiger charge is -2.39. The van der Waals surface area contributed by atoms with Crippen LogP contribution in [0.4, 0.5) is 0 Å². The van der Waals surface area contributed by atoms with Gasteiger partial charge in [-0.1, -0.05) is 153 Å². The number of hydrogen-bond donors (Lipinski definition) is 0. The van der Waals surface area contributed by atoms with Crippen molar-refractivity contribution in [2.75, 3.05) is 13.3 Å². The lowest BCUT2D eigenvalue weighted by Crippen LogP contribution is -2.30. The minimum absolute atomic E-state index is 0.0568. The molecule has 0 aliphatic heterocycles. The van der Waals surface area contributed by atoms with Crippen LogP contribution in [0.3, 0.4) is 0 Å². The summed E-state index contributed by atoms with van der Waals surface area (Å²) < 4.78 is 12.6. The van der Waals surface area contributed by atoms with Gasteiger partial charge in [-0.15, -0.1) is 0 Å². The van der Waals surface area contributed by atoms with Crippen LogP contribution in [0.5, 0.6) is 0 Å². The zero-order valence-corrected chi connectivity index (χ0v) is 27.3. The Hall–Kier alpha value is -4.66. The maximum Gasteiger partial charge on any atom is 0.164 e. The van der Waals surface area contributed by atoms with Gasteiger partial charge in [0.2, 0.25) is 0 Å². The number of benzene rings is 5. The molecule has 7 rings (SSSR count). The van der Waals surface area contributed by atoms with E-state index >= 15 is 0 Å². The number of rotatable bonds is 7. The summed E-state index contributed by atoms with van der Waals surface area (Å²) in [5.41, 5.74) is 7.89. The highest BCUT2D eigenvalue weighted by Crippen LogP contribution is 2.46. The smallest absolute Gasteiger partial charge is 0.164 e. The summed E-state index contributed by atoms with van der Waals surface area (Å²) >= 11 is 0. The molecule has 1 fully saturated rings. The van der Waals surface area contributed by atoms with Crippen LogP contribution in [-0.2, 0) is 9.98 Å². The predicted molar refractivity (Wildman–Crippen MR) is 191 cm³/mol. The Kier molecular flexibility index (Phi) is 8.23. The normalized spacial score (nSPS) is 14.6. The molecule has 1 aromatic heterocycles. The largest absolute Gasteiger partial charge is 0.319 e. The first kappa shape index (κ1) is 30.0. The molecule has 0 atom stereocenters. The molecular formula is C41H38N3OP. The molecule has 6 aromatic rings. The van der Waals surface area contributed by atoms with Gasteiger partial charge in [-0.05, 0) is 48.4 Å². The maximum absolute atomic E-state index is 12.6. The zero-order valence-electron chi connectivity index (χ0n) is 26.4. The minimum atomic E-state index is -2.29. The van der Waals surface area contributed by atoms with Gasteiger partial charge in [-0.3, -0.25) is 0 Å². The van der Waals surface area contributed by atoms with Gasteiger partial charge < -0.3 is 4.57 Å². The van der Waals surface area contributed by atoms with Crippen molar-refractivity contribution >= 4 is 12.4 Å². The minimum Gasteiger partial charge on any atom is -0.319 e. The standard InChI is InChI=1S/C41H38N3OP/c1-46(2,45)37-25-21-30(22-26-37)34-17-12-18-36(29-34)41(27-10-5-11-28-41)35-23-19-33(20-24-35)40-43-38(31-13-6-3-7-14-31)42-39(44-40)32-15-8-4-9-16-32/h3-4,6-9,12-26,29H,5,10-11,27-28H2,1-2H3. The molecular weight excluding hydrogens is 581 g/mol. The van der Waals surface area contributed by atoms with E-state index in [-0.39, 0.29) is 5.41 Å². The Morgan fingerprint density at radius 3 is 1.48 bits per heavy atom. The van der Waals surface area contributed by atoms with E-state index in [4.69, 9.17) is 15.0 Å². The fraction of sp³-hybridized carbons (Fsp3) is 0.195. The molecule has 0 amide bonds. The first-order valence-electron chi connectivity index (χ1n) is 16.1. The summed E-state index contributed by atoms with van der Waals surface area (Å²) in [4.78, 5) is 14.7. The highest BCUT2D eigenvalue weighted by atomic mass is 31.2. The van der Waals surface area contributed by atoms with Crippen molar-refractivity contribution in [1.82, 2.24) is 15.0 Å². The Balaban J connectivity index is 1.26. The third-order valence-electron chi connectivity index (χ3n) is 9.34. The van der Waals surface area contributed by atoms with Crippen molar-refractivity contribution < 1.29 is 4.57 Å². The van der Waals surface area contributed by atoms with Crippen molar-refractivity contribution in [3.8, 4) is 45.3 Å². The lowest BCUT2D eigenvalue weighted by atomic mass is 9.65. The fourth-order valence-corrected chi connectivity index (χ4v) is 7.65. The number of nitrogens with zero attached hydrogens (tertiary/aromatic N) is 3. The van der Waals surface area contributed by atoms with Gasteiger partial charge >= 0.3 is 0 Å². The highest BCUT2D eigenvalue weighted by Gasteiger charge is 2.36. The van der Waals surface area contributed by atoms with Crippen molar-refractivity contribution in [2.45, 2.75) is 37.5 Å². The van der Waals surface area contributed by atoms with Crippen LogP contribution in [0, 0.1) is 0 Å². The van der Waals surface area contributed by atoms with Crippen molar-refractivity contribution in [1.29, 1.82) is 0 Å². The SMILES string of the molecule is CP(C)(=O)c1ccc(-c2cccc(C3(c4ccc(-c5nc(-c6ccccc6)nc(-c6ccccc6)n5)cc4)CCCCC3)c2)cc1. The van der Waals surface area contributed by atoms with E-state index in [2.05, 4.69) is 60.7 Å². The average Bonchev–Trinajstić information content (AvgIpc) is 3.12. The van der Waals surface area contributed by atoms with E-state index in [1.54, 1.807) is 0 Å². The van der Waals surface area contributed by atoms with Crippen molar-refractivity contribution in [3.05, 3.63) is 145 Å². The molecule has 0 unspecified atom stereocenters.